The Bertz CT molecular complexity index is 639. The first kappa shape index (κ1) is 14.5. The largest absolute Gasteiger partial charge is 0.318 e. The zero-order valence-electron chi connectivity index (χ0n) is 12.1. The SMILES string of the molecule is Cc1ccc(C2NCC(=O)N2C2CCCS(=O)(=O)C2)cc1. The molecule has 1 N–H and O–H groups in total. The van der Waals surface area contributed by atoms with Crippen LogP contribution >= 0.6 is 0 Å². The summed E-state index contributed by atoms with van der Waals surface area (Å²) in [6.45, 7) is 2.29. The third-order valence-corrected chi connectivity index (χ3v) is 6.04. The summed E-state index contributed by atoms with van der Waals surface area (Å²) in [6.07, 6.45) is 1.18. The minimum absolute atomic E-state index is 0.0114. The highest BCUT2D eigenvalue weighted by Gasteiger charge is 2.39. The minimum atomic E-state index is -3.03. The molecule has 2 fully saturated rings. The third kappa shape index (κ3) is 2.96. The van der Waals surface area contributed by atoms with Crippen LogP contribution in [0.4, 0.5) is 0 Å². The maximum absolute atomic E-state index is 12.2. The summed E-state index contributed by atoms with van der Waals surface area (Å²) in [7, 11) is -3.03. The Balaban J connectivity index is 1.87. The van der Waals surface area contributed by atoms with E-state index in [-0.39, 0.29) is 36.2 Å². The molecule has 2 atom stereocenters. The molecule has 3 rings (SSSR count). The zero-order chi connectivity index (χ0) is 15.0. The Morgan fingerprint density at radius 1 is 1.24 bits per heavy atom. The molecule has 5 nitrogen and oxygen atoms in total. The number of nitrogens with zero attached hydrogens (tertiary/aromatic N) is 1. The van der Waals surface area contributed by atoms with Crippen LogP contribution in [0.15, 0.2) is 24.3 Å². The number of amides is 1. The minimum Gasteiger partial charge on any atom is -0.318 e. The lowest BCUT2D eigenvalue weighted by Crippen LogP contribution is -2.46. The van der Waals surface area contributed by atoms with E-state index in [2.05, 4.69) is 5.32 Å². The smallest absolute Gasteiger partial charge is 0.238 e. The first-order valence-electron chi connectivity index (χ1n) is 7.28. The second kappa shape index (κ2) is 5.42. The summed E-state index contributed by atoms with van der Waals surface area (Å²) in [4.78, 5) is 13.9. The molecule has 0 saturated carbocycles. The van der Waals surface area contributed by atoms with Gasteiger partial charge in [-0.2, -0.15) is 0 Å². The number of benzene rings is 1. The van der Waals surface area contributed by atoms with Crippen LogP contribution in [0.2, 0.25) is 0 Å². The van der Waals surface area contributed by atoms with Gasteiger partial charge in [0.1, 0.15) is 6.17 Å². The molecule has 0 spiro atoms. The second-order valence-electron chi connectivity index (χ2n) is 5.91. The molecular weight excluding hydrogens is 288 g/mol. The fourth-order valence-electron chi connectivity index (χ4n) is 3.18. The van der Waals surface area contributed by atoms with Gasteiger partial charge in [-0.1, -0.05) is 29.8 Å². The number of hydrogen-bond acceptors (Lipinski definition) is 4. The zero-order valence-corrected chi connectivity index (χ0v) is 12.9. The van der Waals surface area contributed by atoms with Crippen molar-refractivity contribution in [2.24, 2.45) is 0 Å². The van der Waals surface area contributed by atoms with Gasteiger partial charge in [0.25, 0.3) is 0 Å². The number of carbonyl (C=O) groups is 1. The summed E-state index contributed by atoms with van der Waals surface area (Å²) in [5, 5.41) is 3.20. The van der Waals surface area contributed by atoms with Gasteiger partial charge >= 0.3 is 0 Å². The average Bonchev–Trinajstić information content (AvgIpc) is 2.80. The maximum atomic E-state index is 12.2. The van der Waals surface area contributed by atoms with E-state index in [0.717, 1.165) is 17.5 Å². The van der Waals surface area contributed by atoms with Gasteiger partial charge in [-0.15, -0.1) is 0 Å². The van der Waals surface area contributed by atoms with E-state index < -0.39 is 9.84 Å². The second-order valence-corrected chi connectivity index (χ2v) is 8.13. The van der Waals surface area contributed by atoms with E-state index >= 15 is 0 Å². The van der Waals surface area contributed by atoms with Gasteiger partial charge in [0.15, 0.2) is 9.84 Å². The van der Waals surface area contributed by atoms with Crippen molar-refractivity contribution in [2.75, 3.05) is 18.1 Å². The van der Waals surface area contributed by atoms with Crippen molar-refractivity contribution in [1.82, 2.24) is 10.2 Å². The lowest BCUT2D eigenvalue weighted by Gasteiger charge is -2.35. The van der Waals surface area contributed by atoms with Crippen molar-refractivity contribution >= 4 is 15.7 Å². The number of carbonyl (C=O) groups excluding carboxylic acids is 1. The Morgan fingerprint density at radius 2 is 1.95 bits per heavy atom. The molecule has 2 unspecified atom stereocenters. The fourth-order valence-corrected chi connectivity index (χ4v) is 4.86. The molecule has 21 heavy (non-hydrogen) atoms. The van der Waals surface area contributed by atoms with E-state index in [4.69, 9.17) is 0 Å². The van der Waals surface area contributed by atoms with Crippen molar-refractivity contribution in [2.45, 2.75) is 32.0 Å². The number of nitrogens with one attached hydrogen (secondary N) is 1. The van der Waals surface area contributed by atoms with Crippen LogP contribution in [0.5, 0.6) is 0 Å². The summed E-state index contributed by atoms with van der Waals surface area (Å²) < 4.78 is 23.7. The fraction of sp³-hybridized carbons (Fsp3) is 0.533. The third-order valence-electron chi connectivity index (χ3n) is 4.24. The Morgan fingerprint density at radius 3 is 2.62 bits per heavy atom. The molecule has 0 aliphatic carbocycles. The first-order chi connectivity index (χ1) is 9.96. The van der Waals surface area contributed by atoms with Gasteiger partial charge in [-0.05, 0) is 25.3 Å². The van der Waals surface area contributed by atoms with Gasteiger partial charge < -0.3 is 4.90 Å². The molecule has 0 bridgehead atoms. The molecule has 1 aromatic rings. The Hall–Kier alpha value is -1.40. The van der Waals surface area contributed by atoms with Crippen LogP contribution in [-0.4, -0.2) is 43.3 Å². The molecule has 114 valence electrons. The summed E-state index contributed by atoms with van der Waals surface area (Å²) in [6, 6.07) is 7.80. The predicted octanol–water partition coefficient (Wildman–Crippen LogP) is 1.00. The van der Waals surface area contributed by atoms with Crippen LogP contribution in [0.1, 0.15) is 30.1 Å². The van der Waals surface area contributed by atoms with Crippen LogP contribution < -0.4 is 5.32 Å². The van der Waals surface area contributed by atoms with E-state index in [1.807, 2.05) is 31.2 Å². The molecule has 1 amide bonds. The van der Waals surface area contributed by atoms with Crippen molar-refractivity contribution in [3.8, 4) is 0 Å². The Kier molecular flexibility index (Phi) is 3.75. The van der Waals surface area contributed by atoms with Gasteiger partial charge in [0, 0.05) is 6.04 Å². The van der Waals surface area contributed by atoms with E-state index in [0.29, 0.717) is 6.42 Å². The molecule has 6 heteroatoms. The number of aryl methyl sites for hydroxylation is 1. The standard InChI is InChI=1S/C15H20N2O3S/c1-11-4-6-12(7-5-11)15-16-9-14(18)17(15)13-3-2-8-21(19,20)10-13/h4-7,13,15-16H,2-3,8-10H2,1H3. The van der Waals surface area contributed by atoms with Crippen LogP contribution in [0, 0.1) is 6.92 Å². The molecule has 2 saturated heterocycles. The molecule has 2 aliphatic heterocycles. The first-order valence-corrected chi connectivity index (χ1v) is 9.10. The van der Waals surface area contributed by atoms with Crippen molar-refractivity contribution in [1.29, 1.82) is 0 Å². The van der Waals surface area contributed by atoms with Gasteiger partial charge in [0.05, 0.1) is 18.1 Å². The lowest BCUT2D eigenvalue weighted by atomic mass is 10.1. The van der Waals surface area contributed by atoms with Crippen molar-refractivity contribution in [3.05, 3.63) is 35.4 Å². The quantitative estimate of drug-likeness (QED) is 0.885. The topological polar surface area (TPSA) is 66.5 Å². The molecule has 0 aromatic heterocycles. The summed E-state index contributed by atoms with van der Waals surface area (Å²) in [5.41, 5.74) is 2.17. The van der Waals surface area contributed by atoms with E-state index in [9.17, 15) is 13.2 Å². The van der Waals surface area contributed by atoms with Crippen molar-refractivity contribution < 1.29 is 13.2 Å². The summed E-state index contributed by atoms with van der Waals surface area (Å²) in [5.74, 6) is 0.319. The van der Waals surface area contributed by atoms with E-state index in [1.54, 1.807) is 4.90 Å². The molecule has 0 radical (unpaired) electrons. The molecule has 2 aliphatic rings. The van der Waals surface area contributed by atoms with Gasteiger partial charge in [-0.25, -0.2) is 8.42 Å². The van der Waals surface area contributed by atoms with Gasteiger partial charge in [-0.3, -0.25) is 10.1 Å². The molecule has 1 aromatic carbocycles. The highest BCUT2D eigenvalue weighted by molar-refractivity contribution is 7.91. The monoisotopic (exact) mass is 308 g/mol. The average molecular weight is 308 g/mol. The number of rotatable bonds is 2. The highest BCUT2D eigenvalue weighted by Crippen LogP contribution is 2.29. The number of sulfone groups is 1. The van der Waals surface area contributed by atoms with E-state index in [1.165, 1.54) is 0 Å². The number of hydrogen-bond donors (Lipinski definition) is 1. The molecule has 2 heterocycles. The van der Waals surface area contributed by atoms with Crippen molar-refractivity contribution in [3.63, 3.8) is 0 Å². The van der Waals surface area contributed by atoms with Crippen LogP contribution in [0.3, 0.4) is 0 Å². The summed E-state index contributed by atoms with van der Waals surface area (Å²) >= 11 is 0. The normalized spacial score (nSPS) is 28.8. The van der Waals surface area contributed by atoms with Crippen LogP contribution in [-0.2, 0) is 14.6 Å². The van der Waals surface area contributed by atoms with Gasteiger partial charge in [0.2, 0.25) is 5.91 Å². The maximum Gasteiger partial charge on any atom is 0.238 e. The molecular formula is C15H20N2O3S. The highest BCUT2D eigenvalue weighted by atomic mass is 32.2. The lowest BCUT2D eigenvalue weighted by molar-refractivity contribution is -0.130. The Labute approximate surface area is 125 Å². The van der Waals surface area contributed by atoms with Crippen LogP contribution in [0.25, 0.3) is 0 Å². The predicted molar refractivity (Wildman–Crippen MR) is 80.4 cm³/mol.